The van der Waals surface area contributed by atoms with Gasteiger partial charge in [-0.2, -0.15) is 0 Å². The highest BCUT2D eigenvalue weighted by atomic mass is 16.4. The van der Waals surface area contributed by atoms with Crippen LogP contribution in [0.3, 0.4) is 0 Å². The molecule has 0 aromatic carbocycles. The molecule has 4 heteroatoms. The molecule has 0 fully saturated rings. The molecule has 1 N–H and O–H groups in total. The third-order valence-corrected chi connectivity index (χ3v) is 5.09. The summed E-state index contributed by atoms with van der Waals surface area (Å²) in [6, 6.07) is 3.43. The van der Waals surface area contributed by atoms with Crippen molar-refractivity contribution in [3.05, 3.63) is 36.2 Å². The van der Waals surface area contributed by atoms with Gasteiger partial charge in [-0.25, -0.2) is 0 Å². The Hall–Kier alpha value is -1.84. The maximum atomic E-state index is 12.2. The molecule has 1 heterocycles. The fourth-order valence-corrected chi connectivity index (χ4v) is 3.43. The van der Waals surface area contributed by atoms with Gasteiger partial charge in [0.05, 0.1) is 6.42 Å². The fraction of sp³-hybridized carbons (Fsp3) is 0.667. The minimum Gasteiger partial charge on any atom is -0.481 e. The summed E-state index contributed by atoms with van der Waals surface area (Å²) >= 11 is 0. The maximum absolute atomic E-state index is 12.2. The third kappa shape index (κ3) is 11.8. The predicted octanol–water partition coefficient (Wildman–Crippen LogP) is 6.79. The molecule has 0 bridgehead atoms. The fourth-order valence-electron chi connectivity index (χ4n) is 3.43. The Morgan fingerprint density at radius 1 is 0.893 bits per heavy atom. The number of hydrogen-bond donors (Lipinski definition) is 1. The van der Waals surface area contributed by atoms with Crippen molar-refractivity contribution in [1.82, 2.24) is 4.57 Å². The van der Waals surface area contributed by atoms with E-state index in [1.807, 2.05) is 0 Å². The number of carboxylic acid groups (broad SMARTS) is 1. The predicted molar refractivity (Wildman–Crippen MR) is 116 cm³/mol. The summed E-state index contributed by atoms with van der Waals surface area (Å²) in [6.07, 6.45) is 22.8. The van der Waals surface area contributed by atoms with E-state index in [0.29, 0.717) is 12.1 Å². The van der Waals surface area contributed by atoms with Crippen LogP contribution >= 0.6 is 0 Å². The number of nitrogens with zero attached hydrogens (tertiary/aromatic N) is 1. The highest BCUT2D eigenvalue weighted by Crippen LogP contribution is 2.12. The van der Waals surface area contributed by atoms with Gasteiger partial charge >= 0.3 is 5.97 Å². The van der Waals surface area contributed by atoms with Crippen LogP contribution in [0.25, 0.3) is 0 Å². The van der Waals surface area contributed by atoms with Crippen LogP contribution < -0.4 is 0 Å². The number of rotatable bonds is 17. The molecule has 28 heavy (non-hydrogen) atoms. The van der Waals surface area contributed by atoms with Crippen LogP contribution in [0.15, 0.2) is 30.5 Å². The minimum atomic E-state index is -0.909. The van der Waals surface area contributed by atoms with Crippen LogP contribution in [0.4, 0.5) is 0 Å². The highest BCUT2D eigenvalue weighted by Gasteiger charge is 2.11. The highest BCUT2D eigenvalue weighted by molar-refractivity contribution is 5.81. The molecular formula is C24H39NO3. The van der Waals surface area contributed by atoms with Gasteiger partial charge in [-0.1, -0.05) is 70.4 Å². The normalized spacial score (nSPS) is 11.3. The van der Waals surface area contributed by atoms with Crippen molar-refractivity contribution in [2.75, 3.05) is 0 Å². The number of hydrogen-bond acceptors (Lipinski definition) is 2. The summed E-state index contributed by atoms with van der Waals surface area (Å²) in [5, 5.41) is 8.88. The van der Waals surface area contributed by atoms with Crippen molar-refractivity contribution in [2.24, 2.45) is 0 Å². The van der Waals surface area contributed by atoms with Gasteiger partial charge in [-0.3, -0.25) is 14.2 Å². The Balaban J connectivity index is 1.96. The van der Waals surface area contributed by atoms with E-state index in [1.54, 1.807) is 18.3 Å². The standard InChI is InChI=1S/C24H39NO3/c1-2-3-4-5-6-7-8-9-10-11-12-13-14-15-16-19-23(26)25-20-17-18-22(25)21-24(27)28/h9-10,17-18,20H,2-8,11-16,19,21H2,1H3,(H,27,28). The van der Waals surface area contributed by atoms with Crippen LogP contribution in [0.2, 0.25) is 0 Å². The van der Waals surface area contributed by atoms with Gasteiger partial charge in [-0.15, -0.1) is 0 Å². The average Bonchev–Trinajstić information content (AvgIpc) is 3.12. The van der Waals surface area contributed by atoms with E-state index in [2.05, 4.69) is 19.1 Å². The zero-order valence-electron chi connectivity index (χ0n) is 17.7. The van der Waals surface area contributed by atoms with Gasteiger partial charge in [0.15, 0.2) is 0 Å². The molecule has 158 valence electrons. The summed E-state index contributed by atoms with van der Waals surface area (Å²) in [5.74, 6) is -0.910. The SMILES string of the molecule is CCCCCCCCC=CCCCCCCCC(=O)n1cccc1CC(=O)O. The van der Waals surface area contributed by atoms with Crippen molar-refractivity contribution in [1.29, 1.82) is 0 Å². The second-order valence-corrected chi connectivity index (χ2v) is 7.67. The van der Waals surface area contributed by atoms with E-state index in [-0.39, 0.29) is 12.3 Å². The Kier molecular flexibility index (Phi) is 14.0. The number of unbranched alkanes of at least 4 members (excludes halogenated alkanes) is 11. The summed E-state index contributed by atoms with van der Waals surface area (Å²) in [6.45, 7) is 2.26. The maximum Gasteiger partial charge on any atom is 0.309 e. The number of carbonyl (C=O) groups excluding carboxylic acids is 1. The van der Waals surface area contributed by atoms with Gasteiger partial charge in [0.2, 0.25) is 5.91 Å². The molecule has 0 aliphatic carbocycles. The van der Waals surface area contributed by atoms with Crippen molar-refractivity contribution in [3.63, 3.8) is 0 Å². The molecule has 4 nitrogen and oxygen atoms in total. The van der Waals surface area contributed by atoms with Crippen molar-refractivity contribution >= 4 is 11.9 Å². The largest absolute Gasteiger partial charge is 0.481 e. The van der Waals surface area contributed by atoms with Gasteiger partial charge < -0.3 is 5.11 Å². The van der Waals surface area contributed by atoms with Crippen LogP contribution in [0.1, 0.15) is 107 Å². The smallest absolute Gasteiger partial charge is 0.309 e. The summed E-state index contributed by atoms with van der Waals surface area (Å²) < 4.78 is 1.49. The van der Waals surface area contributed by atoms with E-state index in [9.17, 15) is 9.59 Å². The minimum absolute atomic E-state index is 0.00104. The van der Waals surface area contributed by atoms with Gasteiger partial charge in [0, 0.05) is 18.3 Å². The molecule has 0 unspecified atom stereocenters. The first-order chi connectivity index (χ1) is 13.6. The first-order valence-electron chi connectivity index (χ1n) is 11.2. The molecule has 1 aromatic rings. The molecule has 0 aliphatic heterocycles. The molecule has 0 atom stereocenters. The molecular weight excluding hydrogens is 350 g/mol. The van der Waals surface area contributed by atoms with E-state index < -0.39 is 5.97 Å². The molecule has 0 amide bonds. The quantitative estimate of drug-likeness (QED) is 0.236. The van der Waals surface area contributed by atoms with Crippen LogP contribution in [-0.4, -0.2) is 21.6 Å². The molecule has 0 saturated carbocycles. The second kappa shape index (κ2) is 16.1. The lowest BCUT2D eigenvalue weighted by atomic mass is 10.1. The molecule has 1 aromatic heterocycles. The number of carboxylic acids is 1. The van der Waals surface area contributed by atoms with E-state index in [0.717, 1.165) is 25.7 Å². The Labute approximate surface area is 171 Å². The van der Waals surface area contributed by atoms with Gasteiger partial charge in [0.1, 0.15) is 0 Å². The Morgan fingerprint density at radius 2 is 1.46 bits per heavy atom. The lowest BCUT2D eigenvalue weighted by Crippen LogP contribution is -2.15. The number of carbonyl (C=O) groups is 2. The zero-order valence-corrected chi connectivity index (χ0v) is 17.7. The van der Waals surface area contributed by atoms with Gasteiger partial charge in [0.25, 0.3) is 0 Å². The van der Waals surface area contributed by atoms with Crippen LogP contribution in [0, 0.1) is 0 Å². The third-order valence-electron chi connectivity index (χ3n) is 5.09. The zero-order chi connectivity index (χ0) is 20.5. The number of allylic oxidation sites excluding steroid dienone is 2. The first kappa shape index (κ1) is 24.2. The van der Waals surface area contributed by atoms with Crippen molar-refractivity contribution < 1.29 is 14.7 Å². The lowest BCUT2D eigenvalue weighted by molar-refractivity contribution is -0.136. The lowest BCUT2D eigenvalue weighted by Gasteiger charge is -2.06. The van der Waals surface area contributed by atoms with Crippen LogP contribution in [0.5, 0.6) is 0 Å². The van der Waals surface area contributed by atoms with Crippen molar-refractivity contribution in [3.8, 4) is 0 Å². The summed E-state index contributed by atoms with van der Waals surface area (Å²) in [7, 11) is 0. The Morgan fingerprint density at radius 3 is 2.07 bits per heavy atom. The van der Waals surface area contributed by atoms with E-state index in [4.69, 9.17) is 5.11 Å². The van der Waals surface area contributed by atoms with Crippen molar-refractivity contribution in [2.45, 2.75) is 103 Å². The number of aliphatic carboxylic acids is 1. The second-order valence-electron chi connectivity index (χ2n) is 7.67. The molecule has 0 aliphatic rings. The Bertz CT molecular complexity index is 574. The summed E-state index contributed by atoms with van der Waals surface area (Å²) in [5.41, 5.74) is 0.560. The van der Waals surface area contributed by atoms with Gasteiger partial charge in [-0.05, 0) is 44.2 Å². The molecule has 0 saturated heterocycles. The average molecular weight is 390 g/mol. The summed E-state index contributed by atoms with van der Waals surface area (Å²) in [4.78, 5) is 23.0. The van der Waals surface area contributed by atoms with Crippen LogP contribution in [-0.2, 0) is 11.2 Å². The van der Waals surface area contributed by atoms with E-state index >= 15 is 0 Å². The molecule has 0 spiro atoms. The number of aromatic nitrogens is 1. The molecule has 0 radical (unpaired) electrons. The molecule has 1 rings (SSSR count). The monoisotopic (exact) mass is 389 g/mol. The van der Waals surface area contributed by atoms with E-state index in [1.165, 1.54) is 62.4 Å². The topological polar surface area (TPSA) is 59.3 Å². The first-order valence-corrected chi connectivity index (χ1v) is 11.2.